The maximum absolute atomic E-state index is 12.4. The third-order valence-electron chi connectivity index (χ3n) is 1.68. The van der Waals surface area contributed by atoms with E-state index in [0.717, 1.165) is 0 Å². The van der Waals surface area contributed by atoms with Crippen molar-refractivity contribution in [1.82, 2.24) is 4.98 Å². The van der Waals surface area contributed by atoms with E-state index >= 15 is 0 Å². The summed E-state index contributed by atoms with van der Waals surface area (Å²) in [7, 11) is 0. The first-order valence-electron chi connectivity index (χ1n) is 3.70. The molecular weight excluding hydrogens is 198 g/mol. The second kappa shape index (κ2) is 3.98. The number of nitrogens with two attached hydrogens (primary N) is 1. The third kappa shape index (κ3) is 2.14. The van der Waals surface area contributed by atoms with Gasteiger partial charge in [-0.2, -0.15) is 0 Å². The molecule has 0 unspecified atom stereocenters. The van der Waals surface area contributed by atoms with E-state index in [9.17, 15) is 8.78 Å². The van der Waals surface area contributed by atoms with Crippen molar-refractivity contribution in [3.63, 3.8) is 0 Å². The van der Waals surface area contributed by atoms with Gasteiger partial charge in [0, 0.05) is 12.2 Å². The molecule has 0 radical (unpaired) electrons. The molecule has 2 N–H and O–H groups in total. The van der Waals surface area contributed by atoms with E-state index < -0.39 is 6.43 Å². The molecule has 1 rings (SSSR count). The van der Waals surface area contributed by atoms with E-state index in [-0.39, 0.29) is 22.8 Å². The fourth-order valence-corrected chi connectivity index (χ4v) is 1.42. The van der Waals surface area contributed by atoms with E-state index in [1.165, 1.54) is 13.0 Å². The van der Waals surface area contributed by atoms with Crippen LogP contribution in [-0.4, -0.2) is 4.98 Å². The van der Waals surface area contributed by atoms with Crippen molar-refractivity contribution in [3.05, 3.63) is 28.0 Å². The Morgan fingerprint density at radius 1 is 1.62 bits per heavy atom. The van der Waals surface area contributed by atoms with Crippen molar-refractivity contribution < 1.29 is 8.78 Å². The lowest BCUT2D eigenvalue weighted by Crippen LogP contribution is -2.04. The molecule has 0 aromatic carbocycles. The second-order valence-electron chi connectivity index (χ2n) is 2.60. The monoisotopic (exact) mass is 206 g/mol. The van der Waals surface area contributed by atoms with Crippen LogP contribution in [0.2, 0.25) is 5.02 Å². The molecule has 5 heteroatoms. The normalized spacial score (nSPS) is 10.9. The van der Waals surface area contributed by atoms with Crippen molar-refractivity contribution in [1.29, 1.82) is 0 Å². The molecule has 72 valence electrons. The minimum Gasteiger partial charge on any atom is -0.325 e. The standard InChI is InChI=1S/C8H9ClF2N2/c1-4-7(8(10)11)6(9)2-5(3-12)13-4/h2,8H,3,12H2,1H3. The quantitative estimate of drug-likeness (QED) is 0.807. The highest BCUT2D eigenvalue weighted by Crippen LogP contribution is 2.29. The molecular formula is C8H9ClF2N2. The molecule has 0 amide bonds. The molecule has 0 aliphatic carbocycles. The summed E-state index contributed by atoms with van der Waals surface area (Å²) in [5.74, 6) is 0. The van der Waals surface area contributed by atoms with Gasteiger partial charge in [0.25, 0.3) is 6.43 Å². The van der Waals surface area contributed by atoms with Gasteiger partial charge in [-0.05, 0) is 13.0 Å². The zero-order chi connectivity index (χ0) is 10.0. The van der Waals surface area contributed by atoms with Crippen LogP contribution in [0.15, 0.2) is 6.07 Å². The Morgan fingerprint density at radius 3 is 2.62 bits per heavy atom. The molecule has 0 fully saturated rings. The van der Waals surface area contributed by atoms with Crippen molar-refractivity contribution in [2.75, 3.05) is 0 Å². The van der Waals surface area contributed by atoms with Gasteiger partial charge in [0.1, 0.15) is 0 Å². The minimum atomic E-state index is -2.59. The van der Waals surface area contributed by atoms with E-state index in [1.54, 1.807) is 0 Å². The number of pyridine rings is 1. The van der Waals surface area contributed by atoms with E-state index in [2.05, 4.69) is 4.98 Å². The topological polar surface area (TPSA) is 38.9 Å². The maximum Gasteiger partial charge on any atom is 0.267 e. The highest BCUT2D eigenvalue weighted by Gasteiger charge is 2.16. The molecule has 0 spiro atoms. The van der Waals surface area contributed by atoms with Gasteiger partial charge in [0.2, 0.25) is 0 Å². The summed E-state index contributed by atoms with van der Waals surface area (Å²) in [4.78, 5) is 3.88. The van der Waals surface area contributed by atoms with Gasteiger partial charge < -0.3 is 5.73 Å². The second-order valence-corrected chi connectivity index (χ2v) is 3.01. The van der Waals surface area contributed by atoms with Gasteiger partial charge in [-0.25, -0.2) is 8.78 Å². The first-order valence-corrected chi connectivity index (χ1v) is 4.08. The molecule has 13 heavy (non-hydrogen) atoms. The van der Waals surface area contributed by atoms with Gasteiger partial charge in [0.15, 0.2) is 0 Å². The number of hydrogen-bond acceptors (Lipinski definition) is 2. The molecule has 0 saturated carbocycles. The van der Waals surface area contributed by atoms with Crippen LogP contribution in [0.1, 0.15) is 23.4 Å². The molecule has 0 bridgehead atoms. The number of nitrogens with zero attached hydrogens (tertiary/aromatic N) is 1. The van der Waals surface area contributed by atoms with Gasteiger partial charge in [-0.3, -0.25) is 4.98 Å². The van der Waals surface area contributed by atoms with Crippen LogP contribution in [0.5, 0.6) is 0 Å². The number of hydrogen-bond donors (Lipinski definition) is 1. The first kappa shape index (κ1) is 10.3. The lowest BCUT2D eigenvalue weighted by molar-refractivity contribution is 0.150. The van der Waals surface area contributed by atoms with Crippen molar-refractivity contribution in [2.45, 2.75) is 19.9 Å². The predicted molar refractivity (Wildman–Crippen MR) is 46.8 cm³/mol. The summed E-state index contributed by atoms with van der Waals surface area (Å²) in [6.45, 7) is 1.69. The Hall–Kier alpha value is -0.740. The van der Waals surface area contributed by atoms with Crippen LogP contribution in [-0.2, 0) is 6.54 Å². The third-order valence-corrected chi connectivity index (χ3v) is 1.99. The van der Waals surface area contributed by atoms with Crippen LogP contribution in [0.4, 0.5) is 8.78 Å². The highest BCUT2D eigenvalue weighted by molar-refractivity contribution is 6.31. The van der Waals surface area contributed by atoms with Crippen LogP contribution in [0.25, 0.3) is 0 Å². The summed E-state index contributed by atoms with van der Waals surface area (Å²) in [6, 6.07) is 1.37. The predicted octanol–water partition coefficient (Wildman–Crippen LogP) is 2.44. The Bertz CT molecular complexity index is 292. The lowest BCUT2D eigenvalue weighted by atomic mass is 10.2. The van der Waals surface area contributed by atoms with Gasteiger partial charge in [-0.1, -0.05) is 11.6 Å². The average molecular weight is 207 g/mol. The number of alkyl halides is 2. The largest absolute Gasteiger partial charge is 0.325 e. The Balaban J connectivity index is 3.23. The molecule has 2 nitrogen and oxygen atoms in total. The Kier molecular flexibility index (Phi) is 3.17. The van der Waals surface area contributed by atoms with Crippen molar-refractivity contribution >= 4 is 11.6 Å². The molecule has 0 saturated heterocycles. The van der Waals surface area contributed by atoms with Gasteiger partial charge >= 0.3 is 0 Å². The zero-order valence-corrected chi connectivity index (χ0v) is 7.78. The summed E-state index contributed by atoms with van der Waals surface area (Å²) in [6.07, 6.45) is -2.59. The number of aromatic nitrogens is 1. The maximum atomic E-state index is 12.4. The van der Waals surface area contributed by atoms with Crippen LogP contribution in [0.3, 0.4) is 0 Å². The van der Waals surface area contributed by atoms with Crippen molar-refractivity contribution in [3.8, 4) is 0 Å². The van der Waals surface area contributed by atoms with E-state index in [1.807, 2.05) is 0 Å². The fraction of sp³-hybridized carbons (Fsp3) is 0.375. The molecule has 1 heterocycles. The smallest absolute Gasteiger partial charge is 0.267 e. The summed E-state index contributed by atoms with van der Waals surface area (Å²) < 4.78 is 24.7. The Labute approximate surface area is 79.7 Å². The SMILES string of the molecule is Cc1nc(CN)cc(Cl)c1C(F)F. The first-order chi connectivity index (χ1) is 6.06. The number of rotatable bonds is 2. The fourth-order valence-electron chi connectivity index (χ4n) is 1.07. The van der Waals surface area contributed by atoms with Crippen LogP contribution in [0, 0.1) is 6.92 Å². The summed E-state index contributed by atoms with van der Waals surface area (Å²) in [5, 5.41) is 0.0305. The average Bonchev–Trinajstić information content (AvgIpc) is 2.02. The molecule has 0 aliphatic rings. The molecule has 0 atom stereocenters. The lowest BCUT2D eigenvalue weighted by Gasteiger charge is -2.08. The van der Waals surface area contributed by atoms with E-state index in [0.29, 0.717) is 5.69 Å². The summed E-state index contributed by atoms with van der Waals surface area (Å²) in [5.41, 5.74) is 5.85. The van der Waals surface area contributed by atoms with Gasteiger partial charge in [0.05, 0.1) is 16.3 Å². The molecule has 1 aromatic heterocycles. The van der Waals surface area contributed by atoms with Crippen LogP contribution < -0.4 is 5.73 Å². The zero-order valence-electron chi connectivity index (χ0n) is 7.02. The van der Waals surface area contributed by atoms with Gasteiger partial charge in [-0.15, -0.1) is 0 Å². The minimum absolute atomic E-state index is 0.0305. The molecule has 1 aromatic rings. The van der Waals surface area contributed by atoms with Crippen LogP contribution >= 0.6 is 11.6 Å². The number of halogens is 3. The summed E-state index contributed by atoms with van der Waals surface area (Å²) >= 11 is 5.63. The number of aryl methyl sites for hydroxylation is 1. The highest BCUT2D eigenvalue weighted by atomic mass is 35.5. The van der Waals surface area contributed by atoms with E-state index in [4.69, 9.17) is 17.3 Å². The van der Waals surface area contributed by atoms with Crippen molar-refractivity contribution in [2.24, 2.45) is 5.73 Å². The Morgan fingerprint density at radius 2 is 2.23 bits per heavy atom. The molecule has 0 aliphatic heterocycles.